The highest BCUT2D eigenvalue weighted by Gasteiger charge is 2.06. The molecule has 0 radical (unpaired) electrons. The fourth-order valence-corrected chi connectivity index (χ4v) is 2.21. The summed E-state index contributed by atoms with van der Waals surface area (Å²) in [5.41, 5.74) is 4.14. The minimum absolute atomic E-state index is 0.596. The summed E-state index contributed by atoms with van der Waals surface area (Å²) in [6, 6.07) is 9.80. The van der Waals surface area contributed by atoms with Gasteiger partial charge in [-0.1, -0.05) is 17.7 Å². The van der Waals surface area contributed by atoms with Crippen molar-refractivity contribution in [2.24, 2.45) is 0 Å². The van der Waals surface area contributed by atoms with Gasteiger partial charge < -0.3 is 10.1 Å². The van der Waals surface area contributed by atoms with Gasteiger partial charge in [0.25, 0.3) is 0 Å². The van der Waals surface area contributed by atoms with Crippen molar-refractivity contribution in [3.8, 4) is 17.0 Å². The van der Waals surface area contributed by atoms with Crippen LogP contribution in [0, 0.1) is 6.92 Å². The van der Waals surface area contributed by atoms with Crippen LogP contribution >= 0.6 is 11.6 Å². The first kappa shape index (κ1) is 13.8. The summed E-state index contributed by atoms with van der Waals surface area (Å²) in [6.07, 6.45) is 0. The molecule has 2 rings (SSSR count). The third-order valence-corrected chi connectivity index (χ3v) is 3.31. The lowest BCUT2D eigenvalue weighted by molar-refractivity contribution is 0.415. The first-order chi connectivity index (χ1) is 9.15. The van der Waals surface area contributed by atoms with Crippen molar-refractivity contribution < 1.29 is 4.74 Å². The lowest BCUT2D eigenvalue weighted by Crippen LogP contribution is -2.07. The number of benzene rings is 1. The fourth-order valence-electron chi connectivity index (χ4n) is 1.95. The second kappa shape index (κ2) is 6.04. The highest BCUT2D eigenvalue weighted by Crippen LogP contribution is 2.29. The molecule has 0 aliphatic carbocycles. The van der Waals surface area contributed by atoms with Crippen LogP contribution in [0.2, 0.25) is 5.02 Å². The lowest BCUT2D eigenvalue weighted by Gasteiger charge is -2.09. The summed E-state index contributed by atoms with van der Waals surface area (Å²) in [4.78, 5) is 4.62. The number of methoxy groups -OCH3 is 1. The number of aromatic nitrogens is 1. The Balaban J connectivity index is 2.36. The molecule has 0 saturated carbocycles. The number of aryl methyl sites for hydroxylation is 1. The van der Waals surface area contributed by atoms with Gasteiger partial charge in [-0.25, -0.2) is 0 Å². The van der Waals surface area contributed by atoms with Gasteiger partial charge in [0.2, 0.25) is 0 Å². The Morgan fingerprint density at radius 1 is 1.26 bits per heavy atom. The minimum atomic E-state index is 0.596. The van der Waals surface area contributed by atoms with E-state index >= 15 is 0 Å². The fraction of sp³-hybridized carbons (Fsp3) is 0.267. The average Bonchev–Trinajstić information content (AvgIpc) is 2.41. The standard InChI is InChI=1S/C15H17ClN2O/c1-10-12(9-17-2)4-6-14(18-10)11-5-7-15(19-3)13(16)8-11/h4-8,17H,9H2,1-3H3. The van der Waals surface area contributed by atoms with Gasteiger partial charge in [0.05, 0.1) is 17.8 Å². The van der Waals surface area contributed by atoms with E-state index in [0.717, 1.165) is 23.5 Å². The SMILES string of the molecule is CNCc1ccc(-c2ccc(OC)c(Cl)c2)nc1C. The van der Waals surface area contributed by atoms with Crippen molar-refractivity contribution in [1.82, 2.24) is 10.3 Å². The van der Waals surface area contributed by atoms with Crippen LogP contribution in [-0.2, 0) is 6.54 Å². The summed E-state index contributed by atoms with van der Waals surface area (Å²) in [6.45, 7) is 2.84. The number of pyridine rings is 1. The Morgan fingerprint density at radius 2 is 2.05 bits per heavy atom. The largest absolute Gasteiger partial charge is 0.495 e. The molecule has 0 saturated heterocycles. The van der Waals surface area contributed by atoms with E-state index in [9.17, 15) is 0 Å². The number of ether oxygens (including phenoxy) is 1. The second-order valence-corrected chi connectivity index (χ2v) is 4.73. The zero-order valence-corrected chi connectivity index (χ0v) is 12.1. The van der Waals surface area contributed by atoms with E-state index in [1.165, 1.54) is 5.56 Å². The zero-order valence-electron chi connectivity index (χ0n) is 11.3. The predicted molar refractivity (Wildman–Crippen MR) is 78.7 cm³/mol. The van der Waals surface area contributed by atoms with Gasteiger partial charge in [0, 0.05) is 17.8 Å². The summed E-state index contributed by atoms with van der Waals surface area (Å²) >= 11 is 6.14. The maximum atomic E-state index is 6.14. The smallest absolute Gasteiger partial charge is 0.137 e. The Bertz CT molecular complexity index is 584. The molecule has 0 aliphatic heterocycles. The molecule has 0 atom stereocenters. The van der Waals surface area contributed by atoms with Crippen LogP contribution in [0.4, 0.5) is 0 Å². The molecule has 4 heteroatoms. The first-order valence-electron chi connectivity index (χ1n) is 6.10. The zero-order chi connectivity index (χ0) is 13.8. The van der Waals surface area contributed by atoms with Crippen LogP contribution in [0.3, 0.4) is 0 Å². The third-order valence-electron chi connectivity index (χ3n) is 3.01. The molecule has 2 aromatic rings. The van der Waals surface area contributed by atoms with Crippen molar-refractivity contribution in [3.05, 3.63) is 46.6 Å². The maximum Gasteiger partial charge on any atom is 0.137 e. The van der Waals surface area contributed by atoms with Crippen molar-refractivity contribution in [1.29, 1.82) is 0 Å². The number of nitrogens with one attached hydrogen (secondary N) is 1. The molecule has 1 N–H and O–H groups in total. The molecule has 19 heavy (non-hydrogen) atoms. The highest BCUT2D eigenvalue weighted by molar-refractivity contribution is 6.32. The Hall–Kier alpha value is -1.58. The van der Waals surface area contributed by atoms with E-state index in [0.29, 0.717) is 10.8 Å². The second-order valence-electron chi connectivity index (χ2n) is 4.32. The topological polar surface area (TPSA) is 34.1 Å². The van der Waals surface area contributed by atoms with Crippen molar-refractivity contribution in [2.45, 2.75) is 13.5 Å². The van der Waals surface area contributed by atoms with E-state index in [1.807, 2.05) is 38.2 Å². The molecule has 1 heterocycles. The molecule has 0 spiro atoms. The molecule has 1 aromatic carbocycles. The molecule has 0 aliphatic rings. The quantitative estimate of drug-likeness (QED) is 0.929. The summed E-state index contributed by atoms with van der Waals surface area (Å²) < 4.78 is 5.15. The molecule has 100 valence electrons. The van der Waals surface area contributed by atoms with Crippen LogP contribution in [0.1, 0.15) is 11.3 Å². The molecule has 0 bridgehead atoms. The van der Waals surface area contributed by atoms with Crippen LogP contribution in [0.25, 0.3) is 11.3 Å². The molecule has 0 amide bonds. The molecular formula is C15H17ClN2O. The van der Waals surface area contributed by atoms with E-state index in [4.69, 9.17) is 16.3 Å². The first-order valence-corrected chi connectivity index (χ1v) is 6.48. The molecule has 0 fully saturated rings. The summed E-state index contributed by atoms with van der Waals surface area (Å²) in [7, 11) is 3.53. The number of nitrogens with zero attached hydrogens (tertiary/aromatic N) is 1. The summed E-state index contributed by atoms with van der Waals surface area (Å²) in [5.74, 6) is 0.675. The van der Waals surface area contributed by atoms with Crippen molar-refractivity contribution in [3.63, 3.8) is 0 Å². The van der Waals surface area contributed by atoms with Crippen molar-refractivity contribution >= 4 is 11.6 Å². The third kappa shape index (κ3) is 3.06. The minimum Gasteiger partial charge on any atom is -0.495 e. The molecule has 1 aromatic heterocycles. The van der Waals surface area contributed by atoms with E-state index < -0.39 is 0 Å². The number of halogens is 1. The van der Waals surface area contributed by atoms with E-state index in [-0.39, 0.29) is 0 Å². The Morgan fingerprint density at radius 3 is 2.63 bits per heavy atom. The predicted octanol–water partition coefficient (Wildman–Crippen LogP) is 3.44. The number of hydrogen-bond acceptors (Lipinski definition) is 3. The van der Waals surface area contributed by atoms with Crippen LogP contribution < -0.4 is 10.1 Å². The van der Waals surface area contributed by atoms with Gasteiger partial charge >= 0.3 is 0 Å². The van der Waals surface area contributed by atoms with Gasteiger partial charge in [0.15, 0.2) is 0 Å². The monoisotopic (exact) mass is 276 g/mol. The van der Waals surface area contributed by atoms with Gasteiger partial charge in [0.1, 0.15) is 5.75 Å². The van der Waals surface area contributed by atoms with Gasteiger partial charge in [-0.05, 0) is 43.8 Å². The molecule has 3 nitrogen and oxygen atoms in total. The Labute approximate surface area is 118 Å². The van der Waals surface area contributed by atoms with Gasteiger partial charge in [-0.3, -0.25) is 4.98 Å². The Kier molecular flexibility index (Phi) is 4.40. The molecular weight excluding hydrogens is 260 g/mol. The normalized spacial score (nSPS) is 10.5. The van der Waals surface area contributed by atoms with E-state index in [2.05, 4.69) is 16.4 Å². The summed E-state index contributed by atoms with van der Waals surface area (Å²) in [5, 5.41) is 3.73. The lowest BCUT2D eigenvalue weighted by atomic mass is 10.1. The van der Waals surface area contributed by atoms with Crippen LogP contribution in [0.15, 0.2) is 30.3 Å². The highest BCUT2D eigenvalue weighted by atomic mass is 35.5. The van der Waals surface area contributed by atoms with Gasteiger partial charge in [-0.2, -0.15) is 0 Å². The van der Waals surface area contributed by atoms with E-state index in [1.54, 1.807) is 7.11 Å². The average molecular weight is 277 g/mol. The molecule has 0 unspecified atom stereocenters. The maximum absolute atomic E-state index is 6.14. The van der Waals surface area contributed by atoms with Crippen molar-refractivity contribution in [2.75, 3.05) is 14.2 Å². The van der Waals surface area contributed by atoms with Gasteiger partial charge in [-0.15, -0.1) is 0 Å². The number of hydrogen-bond donors (Lipinski definition) is 1. The van der Waals surface area contributed by atoms with Crippen LogP contribution in [0.5, 0.6) is 5.75 Å². The van der Waals surface area contributed by atoms with Crippen LogP contribution in [-0.4, -0.2) is 19.1 Å². The number of rotatable bonds is 4.